The summed E-state index contributed by atoms with van der Waals surface area (Å²) in [6.07, 6.45) is 0. The van der Waals surface area contributed by atoms with Crippen LogP contribution in [0.25, 0.3) is 55.3 Å². The number of benzene rings is 11. The van der Waals surface area contributed by atoms with E-state index >= 15 is 0 Å². The van der Waals surface area contributed by atoms with Crippen LogP contribution < -0.4 is 25.5 Å². The summed E-state index contributed by atoms with van der Waals surface area (Å²) in [6, 6.07) is 95.7. The van der Waals surface area contributed by atoms with Gasteiger partial charge in [0.2, 0.25) is 0 Å². The number of fused-ring (bicyclic) bond motifs is 6. The highest BCUT2D eigenvalue weighted by molar-refractivity contribution is 6.94. The number of hydrogen-bond donors (Lipinski definition) is 0. The van der Waals surface area contributed by atoms with E-state index in [1.807, 2.05) is 0 Å². The summed E-state index contributed by atoms with van der Waals surface area (Å²) < 4.78 is 0. The third-order valence-corrected chi connectivity index (χ3v) is 14.1. The second kappa shape index (κ2) is 16.8. The zero-order valence-electron chi connectivity index (χ0n) is 38.2. The molecule has 2 heterocycles. The van der Waals surface area contributed by atoms with E-state index < -0.39 is 0 Å². The van der Waals surface area contributed by atoms with Gasteiger partial charge in [0.15, 0.2) is 0 Å². The maximum Gasteiger partial charge on any atom is 0.333 e. The Morgan fingerprint density at radius 2 is 0.870 bits per heavy atom. The molecule has 0 radical (unpaired) electrons. The first-order valence-electron chi connectivity index (χ1n) is 23.9. The summed E-state index contributed by atoms with van der Waals surface area (Å²) in [5.41, 5.74) is 22.5. The van der Waals surface area contributed by atoms with Crippen LogP contribution in [0.5, 0.6) is 0 Å². The first kappa shape index (κ1) is 40.4. The van der Waals surface area contributed by atoms with E-state index in [4.69, 9.17) is 0 Å². The number of nitrogens with zero attached hydrogens (tertiary/aromatic N) is 3. The van der Waals surface area contributed by atoms with E-state index in [2.05, 4.69) is 282 Å². The van der Waals surface area contributed by atoms with Gasteiger partial charge in [0, 0.05) is 51.1 Å². The van der Waals surface area contributed by atoms with Gasteiger partial charge in [-0.2, -0.15) is 0 Å². The fraction of sp³-hybridized carbons (Fsp3) is 0.0154. The van der Waals surface area contributed by atoms with E-state index in [1.54, 1.807) is 0 Å². The van der Waals surface area contributed by atoms with Gasteiger partial charge < -0.3 is 14.6 Å². The maximum absolute atomic E-state index is 2.62. The summed E-state index contributed by atoms with van der Waals surface area (Å²) in [4.78, 5) is 7.57. The SMILES string of the molecule is Cc1cc(-c2ccccc2)ccc1N1c2cc(N(c3ccccc3)c3ccccc3)ccc2B2c3c1cc1ccccc1c3-c1cc(-c3ccccc3)ccc1N2c1ccc(-c2ccccc2)cc1. The van der Waals surface area contributed by atoms with Crippen LogP contribution in [0.2, 0.25) is 0 Å². The fourth-order valence-electron chi connectivity index (χ4n) is 11.0. The van der Waals surface area contributed by atoms with Gasteiger partial charge in [0.1, 0.15) is 0 Å². The van der Waals surface area contributed by atoms with E-state index in [9.17, 15) is 0 Å². The second-order valence-electron chi connectivity index (χ2n) is 18.1. The van der Waals surface area contributed by atoms with Gasteiger partial charge in [0.25, 0.3) is 0 Å². The highest BCUT2D eigenvalue weighted by Gasteiger charge is 2.46. The molecule has 0 aliphatic carbocycles. The molecule has 69 heavy (non-hydrogen) atoms. The molecule has 3 nitrogen and oxygen atoms in total. The van der Waals surface area contributed by atoms with Crippen LogP contribution >= 0.6 is 0 Å². The molecular weight excluding hydrogens is 834 g/mol. The normalized spacial score (nSPS) is 12.3. The van der Waals surface area contributed by atoms with Crippen molar-refractivity contribution >= 4 is 74.0 Å². The van der Waals surface area contributed by atoms with Crippen molar-refractivity contribution in [3.05, 3.63) is 266 Å². The molecule has 0 fully saturated rings. The lowest BCUT2D eigenvalue weighted by Gasteiger charge is -2.46. The molecule has 0 spiro atoms. The molecular formula is C65H46BN3. The number of anilines is 8. The molecule has 324 valence electrons. The first-order valence-corrected chi connectivity index (χ1v) is 23.9. The van der Waals surface area contributed by atoms with Crippen molar-refractivity contribution in [3.8, 4) is 44.5 Å². The van der Waals surface area contributed by atoms with Crippen molar-refractivity contribution in [1.82, 2.24) is 0 Å². The van der Waals surface area contributed by atoms with E-state index in [1.165, 1.54) is 83.1 Å². The van der Waals surface area contributed by atoms with Gasteiger partial charge in [0.05, 0.1) is 0 Å². The second-order valence-corrected chi connectivity index (χ2v) is 18.1. The van der Waals surface area contributed by atoms with Crippen molar-refractivity contribution in [3.63, 3.8) is 0 Å². The molecule has 4 heteroatoms. The van der Waals surface area contributed by atoms with Gasteiger partial charge >= 0.3 is 6.85 Å². The van der Waals surface area contributed by atoms with Gasteiger partial charge in [-0.15, -0.1) is 0 Å². The predicted octanol–water partition coefficient (Wildman–Crippen LogP) is 16.3. The zero-order chi connectivity index (χ0) is 45.8. The fourth-order valence-corrected chi connectivity index (χ4v) is 11.0. The molecule has 2 aliphatic rings. The van der Waals surface area contributed by atoms with E-state index in [-0.39, 0.29) is 6.85 Å². The van der Waals surface area contributed by atoms with Crippen LogP contribution in [-0.4, -0.2) is 6.85 Å². The van der Waals surface area contributed by atoms with Crippen LogP contribution in [0.4, 0.5) is 45.5 Å². The Bertz CT molecular complexity index is 3630. The minimum atomic E-state index is -0.164. The summed E-state index contributed by atoms with van der Waals surface area (Å²) in [5.74, 6) is 0. The van der Waals surface area contributed by atoms with Gasteiger partial charge in [-0.25, -0.2) is 0 Å². The molecule has 2 aliphatic heterocycles. The molecule has 0 aromatic heterocycles. The Morgan fingerprint density at radius 3 is 1.48 bits per heavy atom. The topological polar surface area (TPSA) is 9.72 Å². The Balaban J connectivity index is 1.12. The average Bonchev–Trinajstić information content (AvgIpc) is 3.42. The smallest absolute Gasteiger partial charge is 0.333 e. The Kier molecular flexibility index (Phi) is 9.83. The third kappa shape index (κ3) is 6.91. The molecule has 11 aromatic rings. The molecule has 0 amide bonds. The van der Waals surface area contributed by atoms with E-state index in [0.29, 0.717) is 0 Å². The van der Waals surface area contributed by atoms with E-state index in [0.717, 1.165) is 34.1 Å². The molecule has 11 aromatic carbocycles. The summed E-state index contributed by atoms with van der Waals surface area (Å²) in [6.45, 7) is 2.11. The lowest BCUT2D eigenvalue weighted by atomic mass is 9.43. The zero-order valence-corrected chi connectivity index (χ0v) is 38.2. The number of hydrogen-bond acceptors (Lipinski definition) is 3. The lowest BCUT2D eigenvalue weighted by molar-refractivity contribution is 1.23. The maximum atomic E-state index is 2.62. The standard InChI is InChI=1S/C65H46BN3/c1-45-41-50(47-21-9-3-10-22-47)33-39-60(45)68-62-44-56(67(53-26-13-5-14-27-53)54-28-15-6-16-29-54)37-38-59(62)66-65-63(68)43-52-25-17-18-30-57(52)64(65)58-42-51(48-23-11-4-12-24-48)34-40-61(58)69(66)55-35-31-49(32-36-55)46-19-7-2-8-20-46/h2-44H,1H3. The van der Waals surface area contributed by atoms with Crippen LogP contribution in [0.1, 0.15) is 5.56 Å². The molecule has 0 saturated heterocycles. The lowest BCUT2D eigenvalue weighted by Crippen LogP contribution is -2.61. The molecule has 0 N–H and O–H groups in total. The molecule has 0 bridgehead atoms. The highest BCUT2D eigenvalue weighted by atomic mass is 15.2. The summed E-state index contributed by atoms with van der Waals surface area (Å²) in [5, 5.41) is 2.46. The Hall–Kier alpha value is -8.86. The summed E-state index contributed by atoms with van der Waals surface area (Å²) >= 11 is 0. The first-order chi connectivity index (χ1) is 34.2. The molecule has 0 saturated carbocycles. The van der Waals surface area contributed by atoms with Gasteiger partial charge in [-0.3, -0.25) is 0 Å². The Morgan fingerprint density at radius 1 is 0.362 bits per heavy atom. The third-order valence-electron chi connectivity index (χ3n) is 14.1. The number of para-hydroxylation sites is 2. The van der Waals surface area contributed by atoms with Crippen molar-refractivity contribution < 1.29 is 0 Å². The number of aryl methyl sites for hydroxylation is 1. The predicted molar refractivity (Wildman–Crippen MR) is 293 cm³/mol. The van der Waals surface area contributed by atoms with Crippen molar-refractivity contribution in [2.75, 3.05) is 14.6 Å². The van der Waals surface area contributed by atoms with Crippen molar-refractivity contribution in [2.45, 2.75) is 6.92 Å². The summed E-state index contributed by atoms with van der Waals surface area (Å²) in [7, 11) is 0. The van der Waals surface area contributed by atoms with Crippen molar-refractivity contribution in [2.24, 2.45) is 0 Å². The van der Waals surface area contributed by atoms with Crippen molar-refractivity contribution in [1.29, 1.82) is 0 Å². The van der Waals surface area contributed by atoms with Crippen LogP contribution in [-0.2, 0) is 0 Å². The van der Waals surface area contributed by atoms with Crippen LogP contribution in [0, 0.1) is 6.92 Å². The Labute approximate surface area is 404 Å². The largest absolute Gasteiger partial charge is 0.376 e. The minimum absolute atomic E-state index is 0.164. The molecule has 0 unspecified atom stereocenters. The molecule has 0 atom stereocenters. The van der Waals surface area contributed by atoms with Gasteiger partial charge in [-0.1, -0.05) is 182 Å². The minimum Gasteiger partial charge on any atom is -0.376 e. The quantitative estimate of drug-likeness (QED) is 0.141. The monoisotopic (exact) mass is 879 g/mol. The average molecular weight is 880 g/mol. The number of rotatable bonds is 8. The highest BCUT2D eigenvalue weighted by Crippen LogP contribution is 2.51. The van der Waals surface area contributed by atoms with Crippen LogP contribution in [0.15, 0.2) is 261 Å². The van der Waals surface area contributed by atoms with Gasteiger partial charge in [-0.05, 0) is 152 Å². The molecule has 13 rings (SSSR count). The van der Waals surface area contributed by atoms with Crippen LogP contribution in [0.3, 0.4) is 0 Å².